The predicted octanol–water partition coefficient (Wildman–Crippen LogP) is 2.65. The summed E-state index contributed by atoms with van der Waals surface area (Å²) in [5.74, 6) is -2.53. The number of aromatic nitrogens is 2. The zero-order valence-corrected chi connectivity index (χ0v) is 14.0. The Morgan fingerprint density at radius 3 is 2.37 bits per heavy atom. The quantitative estimate of drug-likeness (QED) is 0.768. The van der Waals surface area contributed by atoms with E-state index in [4.69, 9.17) is 0 Å². The van der Waals surface area contributed by atoms with Crippen LogP contribution in [0.1, 0.15) is 24.7 Å². The van der Waals surface area contributed by atoms with Gasteiger partial charge in [0.25, 0.3) is 12.9 Å². The monoisotopic (exact) mass is 404 g/mol. The van der Waals surface area contributed by atoms with Gasteiger partial charge in [-0.3, -0.25) is 9.48 Å². The lowest BCUT2D eigenvalue weighted by molar-refractivity contribution is -0.195. The Bertz CT molecular complexity index is 746. The first-order valence-corrected chi connectivity index (χ1v) is 7.59. The zero-order chi connectivity index (χ0) is 20.7. The molecule has 0 spiro atoms. The summed E-state index contributed by atoms with van der Waals surface area (Å²) in [7, 11) is 0. The highest BCUT2D eigenvalue weighted by atomic mass is 19.4. The van der Waals surface area contributed by atoms with Crippen LogP contribution in [0, 0.1) is 12.8 Å². The molecule has 0 radical (unpaired) electrons. The van der Waals surface area contributed by atoms with Crippen LogP contribution in [-0.2, 0) is 17.5 Å². The van der Waals surface area contributed by atoms with Crippen molar-refractivity contribution in [2.24, 2.45) is 11.0 Å². The van der Waals surface area contributed by atoms with Crippen LogP contribution in [0.25, 0.3) is 0 Å². The molecule has 2 heterocycles. The van der Waals surface area contributed by atoms with E-state index in [9.17, 15) is 40.6 Å². The maximum atomic E-state index is 13.2. The largest absolute Gasteiger partial charge is 0.435 e. The van der Waals surface area contributed by atoms with Crippen LogP contribution in [0.15, 0.2) is 11.2 Å². The number of amides is 1. The van der Waals surface area contributed by atoms with Gasteiger partial charge in [0.2, 0.25) is 11.6 Å². The molecule has 0 aliphatic carbocycles. The predicted molar refractivity (Wildman–Crippen MR) is 77.0 cm³/mol. The van der Waals surface area contributed by atoms with E-state index < -0.39 is 60.9 Å². The average Bonchev–Trinajstić information content (AvgIpc) is 3.08. The first kappa shape index (κ1) is 21.1. The van der Waals surface area contributed by atoms with E-state index >= 15 is 0 Å². The molecule has 6 nitrogen and oxygen atoms in total. The first-order valence-electron chi connectivity index (χ1n) is 7.59. The van der Waals surface area contributed by atoms with Gasteiger partial charge in [-0.1, -0.05) is 6.92 Å². The van der Waals surface area contributed by atoms with Gasteiger partial charge in [-0.15, -0.1) is 0 Å². The van der Waals surface area contributed by atoms with Crippen molar-refractivity contribution in [3.05, 3.63) is 17.5 Å². The van der Waals surface area contributed by atoms with Crippen LogP contribution in [0.4, 0.5) is 30.7 Å². The minimum Gasteiger partial charge on any atom is -0.364 e. The lowest BCUT2D eigenvalue weighted by Gasteiger charge is -2.31. The maximum Gasteiger partial charge on any atom is 0.435 e. The Morgan fingerprint density at radius 2 is 1.93 bits per heavy atom. The first-order chi connectivity index (χ1) is 12.3. The van der Waals surface area contributed by atoms with Crippen molar-refractivity contribution < 1.29 is 40.6 Å². The van der Waals surface area contributed by atoms with Crippen LogP contribution in [0.2, 0.25) is 0 Å². The van der Waals surface area contributed by atoms with Crippen molar-refractivity contribution >= 4 is 11.6 Å². The smallest absolute Gasteiger partial charge is 0.364 e. The minimum absolute atomic E-state index is 0.0456. The SMILES string of the molecule is Cc1cc(C(F)(F)F)nn1C[C@@H](C)C(=O)N1N=C(C(F)F)C[C@@]1(O)C(F)F. The number of hydrogen-bond acceptors (Lipinski definition) is 4. The number of rotatable bonds is 5. The number of carbonyl (C=O) groups is 1. The highest BCUT2D eigenvalue weighted by Gasteiger charge is 2.53. The molecule has 0 fully saturated rings. The van der Waals surface area contributed by atoms with E-state index in [0.29, 0.717) is 0 Å². The number of alkyl halides is 7. The van der Waals surface area contributed by atoms with Crippen LogP contribution in [-0.4, -0.2) is 50.1 Å². The zero-order valence-electron chi connectivity index (χ0n) is 14.0. The van der Waals surface area contributed by atoms with Gasteiger partial charge in [-0.05, 0) is 13.0 Å². The van der Waals surface area contributed by atoms with Crippen molar-refractivity contribution in [2.75, 3.05) is 0 Å². The fourth-order valence-electron chi connectivity index (χ4n) is 2.50. The Balaban J connectivity index is 2.24. The molecular formula is C14H15F7N4O2. The summed E-state index contributed by atoms with van der Waals surface area (Å²) in [5.41, 5.74) is -5.49. The number of hydrogen-bond donors (Lipinski definition) is 1. The molecule has 1 N–H and O–H groups in total. The minimum atomic E-state index is -4.72. The summed E-state index contributed by atoms with van der Waals surface area (Å²) in [6, 6.07) is 0.732. The molecule has 0 saturated heterocycles. The highest BCUT2D eigenvalue weighted by Crippen LogP contribution is 2.34. The molecule has 1 aliphatic rings. The number of nitrogens with zero attached hydrogens (tertiary/aromatic N) is 4. The molecule has 0 aromatic carbocycles. The van der Waals surface area contributed by atoms with Gasteiger partial charge in [-0.2, -0.15) is 28.4 Å². The molecule has 0 unspecified atom stereocenters. The van der Waals surface area contributed by atoms with Gasteiger partial charge < -0.3 is 5.11 Å². The summed E-state index contributed by atoms with van der Waals surface area (Å²) in [4.78, 5) is 12.4. The Morgan fingerprint density at radius 1 is 1.33 bits per heavy atom. The van der Waals surface area contributed by atoms with Crippen molar-refractivity contribution in [3.8, 4) is 0 Å². The third-order valence-electron chi connectivity index (χ3n) is 3.99. The summed E-state index contributed by atoms with van der Waals surface area (Å²) in [6.07, 6.45) is -12.8. The summed E-state index contributed by atoms with van der Waals surface area (Å²) in [5, 5.41) is 16.2. The molecule has 0 bridgehead atoms. The second-order valence-electron chi connectivity index (χ2n) is 6.15. The normalized spacial score (nSPS) is 21.9. The Hall–Kier alpha value is -2.18. The summed E-state index contributed by atoms with van der Waals surface area (Å²) < 4.78 is 90.7. The van der Waals surface area contributed by atoms with Crippen LogP contribution in [0.5, 0.6) is 0 Å². The third-order valence-corrected chi connectivity index (χ3v) is 3.99. The number of halogens is 7. The Kier molecular flexibility index (Phi) is 5.55. The van der Waals surface area contributed by atoms with Crippen molar-refractivity contribution in [2.45, 2.75) is 51.6 Å². The second kappa shape index (κ2) is 7.09. The number of aliphatic hydroxyl groups is 1. The summed E-state index contributed by atoms with van der Waals surface area (Å²) in [6.45, 7) is 1.99. The van der Waals surface area contributed by atoms with Gasteiger partial charge in [0.1, 0.15) is 5.71 Å². The van der Waals surface area contributed by atoms with Gasteiger partial charge in [0.05, 0.1) is 12.5 Å². The van der Waals surface area contributed by atoms with Crippen LogP contribution in [0.3, 0.4) is 0 Å². The molecule has 1 aromatic heterocycles. The molecular weight excluding hydrogens is 389 g/mol. The molecule has 1 aromatic rings. The standard InChI is InChI=1S/C14H15F7N4O2/c1-6(5-24-7(2)3-9(23-24)14(19,20)21)11(26)25-13(27,12(17)18)4-8(22-25)10(15)16/h3,6,10,12,27H,4-5H2,1-2H3/t6-,13-/m1/s1. The lowest BCUT2D eigenvalue weighted by atomic mass is 10.1. The molecule has 13 heteroatoms. The van der Waals surface area contributed by atoms with Gasteiger partial charge in [0, 0.05) is 12.1 Å². The molecule has 0 saturated carbocycles. The molecule has 152 valence electrons. The van der Waals surface area contributed by atoms with E-state index in [1.165, 1.54) is 13.8 Å². The second-order valence-corrected chi connectivity index (χ2v) is 6.15. The third kappa shape index (κ3) is 4.06. The fraction of sp³-hybridized carbons (Fsp3) is 0.643. The van der Waals surface area contributed by atoms with Crippen molar-refractivity contribution in [1.82, 2.24) is 14.8 Å². The van der Waals surface area contributed by atoms with Gasteiger partial charge in [0.15, 0.2) is 5.69 Å². The fourth-order valence-corrected chi connectivity index (χ4v) is 2.50. The van der Waals surface area contributed by atoms with Crippen LogP contribution < -0.4 is 0 Å². The van der Waals surface area contributed by atoms with E-state index in [1.807, 2.05) is 0 Å². The molecule has 1 amide bonds. The molecule has 27 heavy (non-hydrogen) atoms. The number of aryl methyl sites for hydroxylation is 1. The molecule has 2 rings (SSSR count). The Labute approximate surface area is 148 Å². The molecule has 1 aliphatic heterocycles. The van der Waals surface area contributed by atoms with Crippen molar-refractivity contribution in [1.29, 1.82) is 0 Å². The average molecular weight is 404 g/mol. The highest BCUT2D eigenvalue weighted by molar-refractivity contribution is 5.93. The number of hydrazone groups is 1. The summed E-state index contributed by atoms with van der Waals surface area (Å²) >= 11 is 0. The van der Waals surface area contributed by atoms with E-state index in [1.54, 1.807) is 0 Å². The van der Waals surface area contributed by atoms with Gasteiger partial charge >= 0.3 is 6.18 Å². The topological polar surface area (TPSA) is 70.7 Å². The van der Waals surface area contributed by atoms with E-state index in [-0.39, 0.29) is 10.7 Å². The van der Waals surface area contributed by atoms with Crippen LogP contribution >= 0.6 is 0 Å². The number of carbonyl (C=O) groups excluding carboxylic acids is 1. The van der Waals surface area contributed by atoms with Gasteiger partial charge in [-0.25, -0.2) is 17.6 Å². The maximum absolute atomic E-state index is 13.2. The van der Waals surface area contributed by atoms with E-state index in [0.717, 1.165) is 10.7 Å². The lowest BCUT2D eigenvalue weighted by Crippen LogP contribution is -2.53. The van der Waals surface area contributed by atoms with E-state index in [2.05, 4.69) is 10.2 Å². The molecule has 2 atom stereocenters. The van der Waals surface area contributed by atoms with Crippen molar-refractivity contribution in [3.63, 3.8) is 0 Å².